The standard InChI is InChI=1S/C13H17BrFNO/c14-13-11(2-1-3-12(13)15)9-17-7-5-10-4-6-16-8-10/h1-3,10,16H,4-9H2. The van der Waals surface area contributed by atoms with Crippen molar-refractivity contribution >= 4 is 15.9 Å². The summed E-state index contributed by atoms with van der Waals surface area (Å²) >= 11 is 3.23. The molecule has 17 heavy (non-hydrogen) atoms. The normalized spacial score (nSPS) is 19.8. The van der Waals surface area contributed by atoms with E-state index in [0.29, 0.717) is 11.1 Å². The van der Waals surface area contributed by atoms with Gasteiger partial charge in [0, 0.05) is 6.61 Å². The molecule has 1 aromatic carbocycles. The average molecular weight is 302 g/mol. The van der Waals surface area contributed by atoms with E-state index in [1.54, 1.807) is 6.07 Å². The van der Waals surface area contributed by atoms with Crippen molar-refractivity contribution < 1.29 is 9.13 Å². The van der Waals surface area contributed by atoms with Gasteiger partial charge in [0.1, 0.15) is 5.82 Å². The van der Waals surface area contributed by atoms with Gasteiger partial charge in [-0.1, -0.05) is 12.1 Å². The molecule has 0 bridgehead atoms. The molecule has 0 saturated carbocycles. The van der Waals surface area contributed by atoms with Crippen LogP contribution >= 0.6 is 15.9 Å². The highest BCUT2D eigenvalue weighted by atomic mass is 79.9. The molecule has 0 aromatic heterocycles. The van der Waals surface area contributed by atoms with Gasteiger partial charge in [-0.2, -0.15) is 0 Å². The average Bonchev–Trinajstić information content (AvgIpc) is 2.83. The lowest BCUT2D eigenvalue weighted by Crippen LogP contribution is -2.10. The fraction of sp³-hybridized carbons (Fsp3) is 0.538. The maximum absolute atomic E-state index is 13.2. The van der Waals surface area contributed by atoms with Crippen LogP contribution in [0.5, 0.6) is 0 Å². The number of halogens is 2. The van der Waals surface area contributed by atoms with Crippen LogP contribution < -0.4 is 5.32 Å². The van der Waals surface area contributed by atoms with Crippen LogP contribution in [0.15, 0.2) is 22.7 Å². The van der Waals surface area contributed by atoms with Gasteiger partial charge in [-0.05, 0) is 59.4 Å². The van der Waals surface area contributed by atoms with Crippen LogP contribution in [-0.4, -0.2) is 19.7 Å². The third-order valence-electron chi connectivity index (χ3n) is 3.12. The molecule has 1 heterocycles. The molecule has 1 aromatic rings. The summed E-state index contributed by atoms with van der Waals surface area (Å²) in [6, 6.07) is 5.03. The summed E-state index contributed by atoms with van der Waals surface area (Å²) < 4.78 is 19.3. The van der Waals surface area contributed by atoms with Crippen molar-refractivity contribution in [2.45, 2.75) is 19.4 Å². The van der Waals surface area contributed by atoms with Gasteiger partial charge in [-0.3, -0.25) is 0 Å². The van der Waals surface area contributed by atoms with Crippen molar-refractivity contribution in [3.63, 3.8) is 0 Å². The van der Waals surface area contributed by atoms with Crippen molar-refractivity contribution in [2.75, 3.05) is 19.7 Å². The van der Waals surface area contributed by atoms with Crippen molar-refractivity contribution in [1.29, 1.82) is 0 Å². The first kappa shape index (κ1) is 13.0. The molecule has 0 radical (unpaired) electrons. The topological polar surface area (TPSA) is 21.3 Å². The quantitative estimate of drug-likeness (QED) is 0.844. The highest BCUT2D eigenvalue weighted by Gasteiger charge is 2.13. The minimum absolute atomic E-state index is 0.230. The van der Waals surface area contributed by atoms with E-state index in [4.69, 9.17) is 4.74 Å². The Labute approximate surface area is 110 Å². The first-order valence-corrected chi connectivity index (χ1v) is 6.78. The lowest BCUT2D eigenvalue weighted by molar-refractivity contribution is 0.108. The molecule has 0 amide bonds. The molecule has 2 rings (SSSR count). The monoisotopic (exact) mass is 301 g/mol. The van der Waals surface area contributed by atoms with Gasteiger partial charge < -0.3 is 10.1 Å². The van der Waals surface area contributed by atoms with Crippen molar-refractivity contribution in [2.24, 2.45) is 5.92 Å². The number of rotatable bonds is 5. The van der Waals surface area contributed by atoms with Gasteiger partial charge in [0.2, 0.25) is 0 Å². The molecular formula is C13H17BrFNO. The number of nitrogens with one attached hydrogen (secondary N) is 1. The largest absolute Gasteiger partial charge is 0.377 e. The Morgan fingerprint density at radius 3 is 3.12 bits per heavy atom. The second kappa shape index (κ2) is 6.47. The van der Waals surface area contributed by atoms with Crippen LogP contribution in [-0.2, 0) is 11.3 Å². The summed E-state index contributed by atoms with van der Waals surface area (Å²) in [4.78, 5) is 0. The second-order valence-corrected chi connectivity index (χ2v) is 5.21. The molecule has 4 heteroatoms. The lowest BCUT2D eigenvalue weighted by Gasteiger charge is -2.10. The summed E-state index contributed by atoms with van der Waals surface area (Å²) in [7, 11) is 0. The van der Waals surface area contributed by atoms with E-state index >= 15 is 0 Å². The Morgan fingerprint density at radius 1 is 1.47 bits per heavy atom. The Morgan fingerprint density at radius 2 is 2.35 bits per heavy atom. The Kier molecular flexibility index (Phi) is 4.95. The summed E-state index contributed by atoms with van der Waals surface area (Å²) in [5, 5.41) is 3.33. The first-order valence-electron chi connectivity index (χ1n) is 5.98. The minimum atomic E-state index is -0.230. The van der Waals surface area contributed by atoms with E-state index < -0.39 is 0 Å². The highest BCUT2D eigenvalue weighted by Crippen LogP contribution is 2.21. The van der Waals surface area contributed by atoms with E-state index in [1.165, 1.54) is 12.5 Å². The van der Waals surface area contributed by atoms with Crippen LogP contribution in [0.25, 0.3) is 0 Å². The maximum atomic E-state index is 13.2. The maximum Gasteiger partial charge on any atom is 0.137 e. The zero-order chi connectivity index (χ0) is 12.1. The Balaban J connectivity index is 1.72. The van der Waals surface area contributed by atoms with E-state index in [1.807, 2.05) is 6.07 Å². The van der Waals surface area contributed by atoms with Crippen LogP contribution in [0, 0.1) is 11.7 Å². The van der Waals surface area contributed by atoms with Crippen LogP contribution in [0.4, 0.5) is 4.39 Å². The molecular weight excluding hydrogens is 285 g/mol. The SMILES string of the molecule is Fc1cccc(COCCC2CCNC2)c1Br. The summed E-state index contributed by atoms with van der Waals surface area (Å²) in [5.41, 5.74) is 0.870. The third kappa shape index (κ3) is 3.76. The molecule has 1 unspecified atom stereocenters. The van der Waals surface area contributed by atoms with Crippen molar-refractivity contribution in [1.82, 2.24) is 5.32 Å². The van der Waals surface area contributed by atoms with E-state index in [-0.39, 0.29) is 5.82 Å². The fourth-order valence-electron chi connectivity index (χ4n) is 2.05. The zero-order valence-electron chi connectivity index (χ0n) is 9.72. The molecule has 0 aliphatic carbocycles. The highest BCUT2D eigenvalue weighted by molar-refractivity contribution is 9.10. The number of benzene rings is 1. The van der Waals surface area contributed by atoms with Gasteiger partial charge >= 0.3 is 0 Å². The number of hydrogen-bond donors (Lipinski definition) is 1. The molecule has 0 spiro atoms. The molecule has 94 valence electrons. The van der Waals surface area contributed by atoms with Crippen molar-refractivity contribution in [3.8, 4) is 0 Å². The summed E-state index contributed by atoms with van der Waals surface area (Å²) in [6.07, 6.45) is 2.33. The van der Waals surface area contributed by atoms with E-state index in [0.717, 1.165) is 37.6 Å². The van der Waals surface area contributed by atoms with E-state index in [9.17, 15) is 4.39 Å². The van der Waals surface area contributed by atoms with Gasteiger partial charge in [0.05, 0.1) is 11.1 Å². The Hall–Kier alpha value is -0.450. The number of ether oxygens (including phenoxy) is 1. The third-order valence-corrected chi connectivity index (χ3v) is 4.01. The first-order chi connectivity index (χ1) is 8.27. The molecule has 1 N–H and O–H groups in total. The van der Waals surface area contributed by atoms with Crippen LogP contribution in [0.3, 0.4) is 0 Å². The Bertz CT molecular complexity index is 366. The fourth-order valence-corrected chi connectivity index (χ4v) is 2.43. The number of hydrogen-bond acceptors (Lipinski definition) is 2. The summed E-state index contributed by atoms with van der Waals surface area (Å²) in [5.74, 6) is 0.511. The second-order valence-electron chi connectivity index (χ2n) is 4.41. The van der Waals surface area contributed by atoms with Crippen LogP contribution in [0.1, 0.15) is 18.4 Å². The molecule has 2 nitrogen and oxygen atoms in total. The van der Waals surface area contributed by atoms with Gasteiger partial charge in [0.15, 0.2) is 0 Å². The van der Waals surface area contributed by atoms with E-state index in [2.05, 4.69) is 21.2 Å². The van der Waals surface area contributed by atoms with Crippen molar-refractivity contribution in [3.05, 3.63) is 34.1 Å². The molecule has 1 aliphatic rings. The van der Waals surface area contributed by atoms with Gasteiger partial charge in [-0.15, -0.1) is 0 Å². The zero-order valence-corrected chi connectivity index (χ0v) is 11.3. The lowest BCUT2D eigenvalue weighted by atomic mass is 10.1. The predicted molar refractivity (Wildman–Crippen MR) is 69.3 cm³/mol. The molecule has 1 fully saturated rings. The van der Waals surface area contributed by atoms with Gasteiger partial charge in [0.25, 0.3) is 0 Å². The predicted octanol–water partition coefficient (Wildman–Crippen LogP) is 3.10. The van der Waals surface area contributed by atoms with Gasteiger partial charge in [-0.25, -0.2) is 4.39 Å². The summed E-state index contributed by atoms with van der Waals surface area (Å²) in [6.45, 7) is 3.45. The van der Waals surface area contributed by atoms with Crippen LogP contribution in [0.2, 0.25) is 0 Å². The minimum Gasteiger partial charge on any atom is -0.377 e. The molecule has 1 saturated heterocycles. The molecule has 1 aliphatic heterocycles. The smallest absolute Gasteiger partial charge is 0.137 e. The molecule has 1 atom stereocenters.